The fourth-order valence-corrected chi connectivity index (χ4v) is 3.94. The largest absolute Gasteiger partial charge is 0.497 e. The molecule has 1 aromatic carbocycles. The molecule has 0 amide bonds. The summed E-state index contributed by atoms with van der Waals surface area (Å²) in [7, 11) is 1.65. The van der Waals surface area contributed by atoms with Gasteiger partial charge in [0, 0.05) is 17.7 Å². The fourth-order valence-electron chi connectivity index (χ4n) is 3.59. The van der Waals surface area contributed by atoms with Crippen molar-refractivity contribution in [3.05, 3.63) is 41.1 Å². The van der Waals surface area contributed by atoms with E-state index in [0.717, 1.165) is 29.0 Å². The van der Waals surface area contributed by atoms with E-state index in [2.05, 4.69) is 22.3 Å². The Balaban J connectivity index is 1.90. The lowest BCUT2D eigenvalue weighted by Crippen LogP contribution is -2.33. The Labute approximate surface area is 150 Å². The second-order valence-corrected chi connectivity index (χ2v) is 7.27. The summed E-state index contributed by atoms with van der Waals surface area (Å²) in [4.78, 5) is 17.4. The molecule has 0 radical (unpaired) electrons. The summed E-state index contributed by atoms with van der Waals surface area (Å²) >= 11 is 1.49. The number of fused-ring (bicyclic) bond motifs is 1. The van der Waals surface area contributed by atoms with Crippen molar-refractivity contribution in [1.29, 1.82) is 0 Å². The SMILES string of the molecule is COc1cccc([C@H]2C3=C(C[C@H](C)CC3=O)Nc3nc(SC)nn32)c1. The Bertz CT molecular complexity index is 874. The maximum atomic E-state index is 12.9. The molecule has 0 fully saturated rings. The van der Waals surface area contributed by atoms with Gasteiger partial charge in [0.25, 0.3) is 0 Å². The number of Topliss-reactive ketones (excluding diaryl/α,β-unsaturated/α-hetero) is 1. The Morgan fingerprint density at radius 3 is 2.96 bits per heavy atom. The van der Waals surface area contributed by atoms with Crippen LogP contribution in [0.15, 0.2) is 40.7 Å². The van der Waals surface area contributed by atoms with Crippen LogP contribution >= 0.6 is 11.8 Å². The highest BCUT2D eigenvalue weighted by molar-refractivity contribution is 7.98. The number of allylic oxidation sites excluding steroid dienone is 2. The molecule has 2 aromatic rings. The molecule has 25 heavy (non-hydrogen) atoms. The van der Waals surface area contributed by atoms with Crippen molar-refractivity contribution >= 4 is 23.5 Å². The number of carbonyl (C=O) groups is 1. The molecule has 1 aliphatic carbocycles. The Morgan fingerprint density at radius 1 is 1.36 bits per heavy atom. The molecule has 4 rings (SSSR count). The van der Waals surface area contributed by atoms with Crippen molar-refractivity contribution < 1.29 is 9.53 Å². The summed E-state index contributed by atoms with van der Waals surface area (Å²) in [6.45, 7) is 2.11. The monoisotopic (exact) mass is 356 g/mol. The van der Waals surface area contributed by atoms with Gasteiger partial charge < -0.3 is 10.1 Å². The number of thioether (sulfide) groups is 1. The first-order valence-corrected chi connectivity index (χ1v) is 9.51. The van der Waals surface area contributed by atoms with Gasteiger partial charge in [0.15, 0.2) is 5.78 Å². The average molecular weight is 356 g/mol. The van der Waals surface area contributed by atoms with Gasteiger partial charge in [0.05, 0.1) is 7.11 Å². The number of rotatable bonds is 3. The first-order chi connectivity index (χ1) is 12.1. The normalized spacial score (nSPS) is 22.3. The summed E-state index contributed by atoms with van der Waals surface area (Å²) in [6, 6.07) is 7.56. The maximum Gasteiger partial charge on any atom is 0.227 e. The van der Waals surface area contributed by atoms with E-state index in [1.54, 1.807) is 7.11 Å². The Hall–Kier alpha value is -2.28. The molecule has 1 N–H and O–H groups in total. The summed E-state index contributed by atoms with van der Waals surface area (Å²) in [5.74, 6) is 1.97. The van der Waals surface area contributed by atoms with Crippen molar-refractivity contribution in [2.75, 3.05) is 18.7 Å². The van der Waals surface area contributed by atoms with Gasteiger partial charge in [-0.1, -0.05) is 30.8 Å². The van der Waals surface area contributed by atoms with Gasteiger partial charge in [-0.05, 0) is 36.3 Å². The molecular formula is C18H20N4O2S. The predicted octanol–water partition coefficient (Wildman–Crippen LogP) is 3.28. The standard InChI is InChI=1S/C18H20N4O2S/c1-10-7-13-15(14(23)8-10)16(11-5-4-6-12(9-11)24-2)22-17(19-13)20-18(21-22)25-3/h4-6,9-10,16H,7-8H2,1-3H3,(H,19,20,21)/t10-,16-/m0/s1. The number of methoxy groups -OCH3 is 1. The van der Waals surface area contributed by atoms with E-state index in [9.17, 15) is 4.79 Å². The number of ketones is 1. The molecule has 7 heteroatoms. The van der Waals surface area contributed by atoms with E-state index in [0.29, 0.717) is 23.4 Å². The van der Waals surface area contributed by atoms with Gasteiger partial charge >= 0.3 is 0 Å². The van der Waals surface area contributed by atoms with Gasteiger partial charge in [0.1, 0.15) is 11.8 Å². The quantitative estimate of drug-likeness (QED) is 0.851. The van der Waals surface area contributed by atoms with Crippen LogP contribution in [-0.2, 0) is 4.79 Å². The average Bonchev–Trinajstić information content (AvgIpc) is 3.02. The number of hydrogen-bond acceptors (Lipinski definition) is 6. The molecule has 1 aliphatic heterocycles. The first kappa shape index (κ1) is 16.2. The van der Waals surface area contributed by atoms with E-state index in [1.165, 1.54) is 11.8 Å². The van der Waals surface area contributed by atoms with Gasteiger partial charge in [0.2, 0.25) is 11.1 Å². The number of aromatic nitrogens is 3. The highest BCUT2D eigenvalue weighted by Crippen LogP contribution is 2.42. The molecule has 1 aromatic heterocycles. The van der Waals surface area contributed by atoms with Crippen molar-refractivity contribution in [3.63, 3.8) is 0 Å². The number of nitrogens with one attached hydrogen (secondary N) is 1. The number of nitrogens with zero attached hydrogens (tertiary/aromatic N) is 3. The third-order valence-corrected chi connectivity index (χ3v) is 5.23. The highest BCUT2D eigenvalue weighted by atomic mass is 32.2. The van der Waals surface area contributed by atoms with Crippen molar-refractivity contribution in [2.24, 2.45) is 5.92 Å². The third kappa shape index (κ3) is 2.72. The molecule has 0 unspecified atom stereocenters. The van der Waals surface area contributed by atoms with E-state index in [4.69, 9.17) is 4.74 Å². The Kier molecular flexibility index (Phi) is 4.03. The maximum absolute atomic E-state index is 12.9. The molecule has 0 bridgehead atoms. The van der Waals surface area contributed by atoms with Crippen LogP contribution in [0.2, 0.25) is 0 Å². The fraction of sp³-hybridized carbons (Fsp3) is 0.389. The van der Waals surface area contributed by atoms with Crippen LogP contribution in [0.1, 0.15) is 31.4 Å². The van der Waals surface area contributed by atoms with E-state index < -0.39 is 0 Å². The van der Waals surface area contributed by atoms with Crippen LogP contribution in [0, 0.1) is 5.92 Å². The summed E-state index contributed by atoms with van der Waals surface area (Å²) in [5, 5.41) is 8.64. The van der Waals surface area contributed by atoms with Gasteiger partial charge in [-0.2, -0.15) is 4.98 Å². The molecule has 130 valence electrons. The molecule has 0 saturated heterocycles. The molecule has 2 aliphatic rings. The van der Waals surface area contributed by atoms with Crippen molar-refractivity contribution in [2.45, 2.75) is 31.0 Å². The minimum absolute atomic E-state index is 0.181. The number of hydrogen-bond donors (Lipinski definition) is 1. The van der Waals surface area contributed by atoms with Crippen molar-refractivity contribution in [1.82, 2.24) is 14.8 Å². The van der Waals surface area contributed by atoms with Crippen LogP contribution in [0.25, 0.3) is 0 Å². The molecule has 2 heterocycles. The third-order valence-electron chi connectivity index (χ3n) is 4.70. The van der Waals surface area contributed by atoms with Crippen molar-refractivity contribution in [3.8, 4) is 5.75 Å². The zero-order valence-electron chi connectivity index (χ0n) is 14.4. The van der Waals surface area contributed by atoms with Crippen LogP contribution in [-0.4, -0.2) is 33.9 Å². The first-order valence-electron chi connectivity index (χ1n) is 8.28. The minimum atomic E-state index is -0.269. The number of carbonyl (C=O) groups excluding carboxylic acids is 1. The smallest absolute Gasteiger partial charge is 0.227 e. The Morgan fingerprint density at radius 2 is 2.20 bits per heavy atom. The zero-order chi connectivity index (χ0) is 17.6. The summed E-state index contributed by atoms with van der Waals surface area (Å²) in [6.07, 6.45) is 3.37. The van der Waals surface area contributed by atoms with Crippen LogP contribution in [0.5, 0.6) is 5.75 Å². The lowest BCUT2D eigenvalue weighted by molar-refractivity contribution is -0.117. The highest BCUT2D eigenvalue weighted by Gasteiger charge is 2.38. The van der Waals surface area contributed by atoms with E-state index >= 15 is 0 Å². The number of benzene rings is 1. The predicted molar refractivity (Wildman–Crippen MR) is 97.0 cm³/mol. The van der Waals surface area contributed by atoms with Gasteiger partial charge in [-0.15, -0.1) is 5.10 Å². The lowest BCUT2D eigenvalue weighted by Gasteiger charge is -2.34. The molecular weight excluding hydrogens is 336 g/mol. The lowest BCUT2D eigenvalue weighted by atomic mass is 9.81. The van der Waals surface area contributed by atoms with E-state index in [-0.39, 0.29) is 11.8 Å². The van der Waals surface area contributed by atoms with Crippen LogP contribution < -0.4 is 10.1 Å². The van der Waals surface area contributed by atoms with E-state index in [1.807, 2.05) is 35.2 Å². The molecule has 6 nitrogen and oxygen atoms in total. The van der Waals surface area contributed by atoms with Crippen LogP contribution in [0.4, 0.5) is 5.95 Å². The topological polar surface area (TPSA) is 69.0 Å². The molecule has 0 spiro atoms. The number of anilines is 1. The second-order valence-electron chi connectivity index (χ2n) is 6.50. The molecule has 0 saturated carbocycles. The van der Waals surface area contributed by atoms with Crippen LogP contribution in [0.3, 0.4) is 0 Å². The zero-order valence-corrected chi connectivity index (χ0v) is 15.3. The minimum Gasteiger partial charge on any atom is -0.497 e. The summed E-state index contributed by atoms with van der Waals surface area (Å²) in [5.41, 5.74) is 2.76. The summed E-state index contributed by atoms with van der Waals surface area (Å²) < 4.78 is 7.20. The second kappa shape index (κ2) is 6.22. The van der Waals surface area contributed by atoms with Gasteiger partial charge in [-0.3, -0.25) is 4.79 Å². The molecule has 2 atom stereocenters. The number of ether oxygens (including phenoxy) is 1. The van der Waals surface area contributed by atoms with Gasteiger partial charge in [-0.25, -0.2) is 4.68 Å².